The molecule has 0 fully saturated rings. The lowest BCUT2D eigenvalue weighted by Gasteiger charge is -2.13. The van der Waals surface area contributed by atoms with Gasteiger partial charge in [0.1, 0.15) is 0 Å². The molecule has 0 radical (unpaired) electrons. The third kappa shape index (κ3) is 4.19. The van der Waals surface area contributed by atoms with Crippen LogP contribution in [0.2, 0.25) is 0 Å². The van der Waals surface area contributed by atoms with Crippen LogP contribution in [0, 0.1) is 0 Å². The SMILES string of the molecule is Nc1cnc2cc(Br)ccc2c1NCc1ccc(CNC(=O)O)cc1. The largest absolute Gasteiger partial charge is 0.465 e. The van der Waals surface area contributed by atoms with Crippen LogP contribution in [0.25, 0.3) is 10.9 Å². The summed E-state index contributed by atoms with van der Waals surface area (Å²) in [4.78, 5) is 14.9. The van der Waals surface area contributed by atoms with Crippen molar-refractivity contribution in [3.05, 3.63) is 64.3 Å². The van der Waals surface area contributed by atoms with E-state index in [0.29, 0.717) is 18.8 Å². The molecule has 0 saturated heterocycles. The number of pyridine rings is 1. The molecule has 0 atom stereocenters. The molecular weight excluding hydrogens is 384 g/mol. The number of benzene rings is 2. The first kappa shape index (κ1) is 17.0. The number of aromatic nitrogens is 1. The minimum Gasteiger partial charge on any atom is -0.465 e. The Bertz CT molecular complexity index is 913. The van der Waals surface area contributed by atoms with Crippen molar-refractivity contribution < 1.29 is 9.90 Å². The van der Waals surface area contributed by atoms with E-state index in [2.05, 4.69) is 31.5 Å². The molecule has 0 aliphatic rings. The van der Waals surface area contributed by atoms with Gasteiger partial charge in [-0.05, 0) is 29.3 Å². The van der Waals surface area contributed by atoms with Crippen molar-refractivity contribution in [2.24, 2.45) is 0 Å². The number of anilines is 2. The first-order valence-corrected chi connectivity index (χ1v) is 8.44. The van der Waals surface area contributed by atoms with Crippen LogP contribution in [0.15, 0.2) is 53.1 Å². The van der Waals surface area contributed by atoms with Crippen LogP contribution in [0.4, 0.5) is 16.2 Å². The molecule has 1 aromatic heterocycles. The Morgan fingerprint density at radius 2 is 1.80 bits per heavy atom. The zero-order chi connectivity index (χ0) is 17.8. The molecule has 0 aliphatic carbocycles. The topological polar surface area (TPSA) is 100 Å². The molecule has 0 spiro atoms. The second kappa shape index (κ2) is 7.40. The van der Waals surface area contributed by atoms with Gasteiger partial charge in [0.2, 0.25) is 0 Å². The first-order valence-electron chi connectivity index (χ1n) is 7.65. The van der Waals surface area contributed by atoms with Gasteiger partial charge in [-0.3, -0.25) is 4.98 Å². The number of carboxylic acid groups (broad SMARTS) is 1. The van der Waals surface area contributed by atoms with Gasteiger partial charge in [-0.2, -0.15) is 0 Å². The average molecular weight is 401 g/mol. The minimum atomic E-state index is -1.03. The number of halogens is 1. The zero-order valence-corrected chi connectivity index (χ0v) is 14.9. The Labute approximate surface area is 153 Å². The molecule has 1 amide bonds. The lowest BCUT2D eigenvalue weighted by Crippen LogP contribution is -2.19. The molecule has 0 saturated carbocycles. The van der Waals surface area contributed by atoms with Gasteiger partial charge in [0.25, 0.3) is 0 Å². The fourth-order valence-electron chi connectivity index (χ4n) is 2.52. The number of nitrogens with one attached hydrogen (secondary N) is 2. The predicted molar refractivity (Wildman–Crippen MR) is 102 cm³/mol. The van der Waals surface area contributed by atoms with Gasteiger partial charge in [0, 0.05) is 22.9 Å². The lowest BCUT2D eigenvalue weighted by atomic mass is 10.1. The van der Waals surface area contributed by atoms with E-state index in [9.17, 15) is 4.79 Å². The number of hydrogen-bond donors (Lipinski definition) is 4. The zero-order valence-electron chi connectivity index (χ0n) is 13.3. The average Bonchev–Trinajstić information content (AvgIpc) is 2.60. The van der Waals surface area contributed by atoms with E-state index in [4.69, 9.17) is 10.8 Å². The molecule has 0 unspecified atom stereocenters. The number of nitrogens with zero attached hydrogens (tertiary/aromatic N) is 1. The Balaban J connectivity index is 1.74. The summed E-state index contributed by atoms with van der Waals surface area (Å²) < 4.78 is 0.966. The standard InChI is InChI=1S/C18H17BrN4O2/c19-13-5-6-14-16(7-13)21-10-15(20)17(14)22-8-11-1-3-12(4-2-11)9-23-18(24)25/h1-7,10,23H,8-9,20H2,(H,21,22)(H,24,25). The van der Waals surface area contributed by atoms with E-state index in [1.54, 1.807) is 6.20 Å². The van der Waals surface area contributed by atoms with Crippen molar-refractivity contribution in [1.29, 1.82) is 0 Å². The Kier molecular flexibility index (Phi) is 5.04. The quantitative estimate of drug-likeness (QED) is 0.519. The van der Waals surface area contributed by atoms with Crippen LogP contribution in [-0.2, 0) is 13.1 Å². The first-order chi connectivity index (χ1) is 12.0. The lowest BCUT2D eigenvalue weighted by molar-refractivity contribution is 0.194. The van der Waals surface area contributed by atoms with Gasteiger partial charge in [0.15, 0.2) is 0 Å². The molecular formula is C18H17BrN4O2. The molecule has 2 aromatic carbocycles. The number of carbonyl (C=O) groups is 1. The summed E-state index contributed by atoms with van der Waals surface area (Å²) in [6, 6.07) is 13.6. The van der Waals surface area contributed by atoms with Crippen LogP contribution in [0.1, 0.15) is 11.1 Å². The van der Waals surface area contributed by atoms with Crippen molar-refractivity contribution in [3.8, 4) is 0 Å². The normalized spacial score (nSPS) is 10.6. The van der Waals surface area contributed by atoms with E-state index in [0.717, 1.165) is 32.2 Å². The van der Waals surface area contributed by atoms with E-state index in [-0.39, 0.29) is 0 Å². The molecule has 0 bridgehead atoms. The second-order valence-electron chi connectivity index (χ2n) is 5.58. The van der Waals surface area contributed by atoms with Crippen molar-refractivity contribution in [2.45, 2.75) is 13.1 Å². The van der Waals surface area contributed by atoms with Crippen molar-refractivity contribution in [3.63, 3.8) is 0 Å². The van der Waals surface area contributed by atoms with E-state index >= 15 is 0 Å². The van der Waals surface area contributed by atoms with Crippen molar-refractivity contribution >= 4 is 44.3 Å². The summed E-state index contributed by atoms with van der Waals surface area (Å²) in [5.74, 6) is 0. The maximum atomic E-state index is 10.5. The third-order valence-corrected chi connectivity index (χ3v) is 4.29. The Morgan fingerprint density at radius 3 is 2.48 bits per heavy atom. The third-order valence-electron chi connectivity index (χ3n) is 3.80. The van der Waals surface area contributed by atoms with Gasteiger partial charge in [-0.25, -0.2) is 4.79 Å². The predicted octanol–water partition coefficient (Wildman–Crippen LogP) is 3.96. The van der Waals surface area contributed by atoms with Crippen LogP contribution >= 0.6 is 15.9 Å². The molecule has 3 rings (SSSR count). The monoisotopic (exact) mass is 400 g/mol. The van der Waals surface area contributed by atoms with Crippen molar-refractivity contribution in [2.75, 3.05) is 11.1 Å². The van der Waals surface area contributed by atoms with Crippen molar-refractivity contribution in [1.82, 2.24) is 10.3 Å². The highest BCUT2D eigenvalue weighted by Gasteiger charge is 2.07. The molecule has 25 heavy (non-hydrogen) atoms. The number of fused-ring (bicyclic) bond motifs is 1. The van der Waals surface area contributed by atoms with Gasteiger partial charge in [0.05, 0.1) is 23.1 Å². The Hall–Kier alpha value is -2.80. The highest BCUT2D eigenvalue weighted by atomic mass is 79.9. The maximum Gasteiger partial charge on any atom is 0.404 e. The number of rotatable bonds is 5. The van der Waals surface area contributed by atoms with Crippen LogP contribution in [-0.4, -0.2) is 16.2 Å². The molecule has 6 nitrogen and oxygen atoms in total. The van der Waals surface area contributed by atoms with E-state index < -0.39 is 6.09 Å². The summed E-state index contributed by atoms with van der Waals surface area (Å²) >= 11 is 3.45. The fourth-order valence-corrected chi connectivity index (χ4v) is 2.87. The van der Waals surface area contributed by atoms with E-state index in [1.807, 2.05) is 42.5 Å². The molecule has 128 valence electrons. The second-order valence-corrected chi connectivity index (χ2v) is 6.49. The summed E-state index contributed by atoms with van der Waals surface area (Å²) in [5.41, 5.74) is 10.4. The highest BCUT2D eigenvalue weighted by Crippen LogP contribution is 2.30. The fraction of sp³-hybridized carbons (Fsp3) is 0.111. The van der Waals surface area contributed by atoms with Crippen LogP contribution in [0.3, 0.4) is 0 Å². The number of amides is 1. The van der Waals surface area contributed by atoms with Gasteiger partial charge in [-0.1, -0.05) is 40.2 Å². The van der Waals surface area contributed by atoms with Gasteiger partial charge >= 0.3 is 6.09 Å². The maximum absolute atomic E-state index is 10.5. The molecule has 3 aromatic rings. The van der Waals surface area contributed by atoms with Gasteiger partial charge < -0.3 is 21.5 Å². The molecule has 7 heteroatoms. The summed E-state index contributed by atoms with van der Waals surface area (Å²) in [5, 5.41) is 15.3. The number of hydrogen-bond acceptors (Lipinski definition) is 4. The summed E-state index contributed by atoms with van der Waals surface area (Å²) in [7, 11) is 0. The van der Waals surface area contributed by atoms with Gasteiger partial charge in [-0.15, -0.1) is 0 Å². The number of nitrogen functional groups attached to an aromatic ring is 1. The molecule has 1 heterocycles. The van der Waals surface area contributed by atoms with Crippen LogP contribution in [0.5, 0.6) is 0 Å². The Morgan fingerprint density at radius 1 is 1.12 bits per heavy atom. The summed E-state index contributed by atoms with van der Waals surface area (Å²) in [6.07, 6.45) is 0.620. The number of nitrogens with two attached hydrogens (primary N) is 1. The van der Waals surface area contributed by atoms with E-state index in [1.165, 1.54) is 0 Å². The smallest absolute Gasteiger partial charge is 0.404 e. The molecule has 0 aliphatic heterocycles. The summed E-state index contributed by atoms with van der Waals surface area (Å²) in [6.45, 7) is 0.895. The van der Waals surface area contributed by atoms with Crippen LogP contribution < -0.4 is 16.4 Å². The minimum absolute atomic E-state index is 0.292. The highest BCUT2D eigenvalue weighted by molar-refractivity contribution is 9.10. The molecule has 5 N–H and O–H groups in total.